The summed E-state index contributed by atoms with van der Waals surface area (Å²) in [5.41, 5.74) is 5.11. The lowest BCUT2D eigenvalue weighted by atomic mass is 10.2. The van der Waals surface area contributed by atoms with E-state index in [1.54, 1.807) is 6.07 Å². The number of aromatic nitrogens is 2. The maximum atomic E-state index is 11.2. The first-order valence-electron chi connectivity index (χ1n) is 5.03. The quantitative estimate of drug-likeness (QED) is 0.746. The number of nitrogens with two attached hydrogens (primary N) is 1. The molecule has 8 heteroatoms. The van der Waals surface area contributed by atoms with Crippen molar-refractivity contribution in [3.8, 4) is 0 Å². The lowest BCUT2D eigenvalue weighted by Crippen LogP contribution is -2.09. The molecule has 0 fully saturated rings. The van der Waals surface area contributed by atoms with Crippen molar-refractivity contribution in [2.75, 3.05) is 5.73 Å². The van der Waals surface area contributed by atoms with Crippen LogP contribution < -0.4 is 11.3 Å². The predicted octanol–water partition coefficient (Wildman–Crippen LogP) is 1.85. The molecule has 0 radical (unpaired) electrons. The minimum Gasteiger partial charge on any atom is -0.478 e. The zero-order valence-electron chi connectivity index (χ0n) is 9.38. The minimum absolute atomic E-state index is 0.0139. The van der Waals surface area contributed by atoms with Gasteiger partial charge in [-0.25, -0.2) is 9.78 Å². The summed E-state index contributed by atoms with van der Waals surface area (Å²) in [5.74, 6) is -0.989. The Bertz CT molecular complexity index is 702. The summed E-state index contributed by atoms with van der Waals surface area (Å²) in [6, 6.07) is 5.62. The zero-order chi connectivity index (χ0) is 14.0. The molecule has 0 saturated carbocycles. The van der Waals surface area contributed by atoms with Gasteiger partial charge < -0.3 is 15.8 Å². The Morgan fingerprint density at radius 1 is 1.42 bits per heavy atom. The fraction of sp³-hybridized carbons (Fsp3) is 0. The molecule has 0 aliphatic rings. The fourth-order valence-corrected chi connectivity index (χ4v) is 2.51. The number of aromatic carboxylic acids is 1. The van der Waals surface area contributed by atoms with Gasteiger partial charge in [0.05, 0.1) is 10.6 Å². The van der Waals surface area contributed by atoms with Gasteiger partial charge in [-0.2, -0.15) is 0 Å². The molecule has 19 heavy (non-hydrogen) atoms. The number of benzene rings is 1. The van der Waals surface area contributed by atoms with Gasteiger partial charge in [-0.15, -0.1) is 0 Å². The number of nitrogen functional groups attached to an aromatic ring is 1. The van der Waals surface area contributed by atoms with Gasteiger partial charge in [0.25, 0.3) is 5.56 Å². The zero-order valence-corrected chi connectivity index (χ0v) is 11.0. The Morgan fingerprint density at radius 3 is 2.74 bits per heavy atom. The summed E-state index contributed by atoms with van der Waals surface area (Å²) >= 11 is 6.97. The minimum atomic E-state index is -1.10. The van der Waals surface area contributed by atoms with E-state index in [1.807, 2.05) is 0 Å². The van der Waals surface area contributed by atoms with Crippen LogP contribution in [0.5, 0.6) is 0 Å². The lowest BCUT2D eigenvalue weighted by Gasteiger charge is -2.04. The molecule has 0 aliphatic carbocycles. The molecule has 0 saturated heterocycles. The molecular formula is C11H8ClN3O3S. The Kier molecular flexibility index (Phi) is 3.77. The normalized spacial score (nSPS) is 10.4. The van der Waals surface area contributed by atoms with Crippen molar-refractivity contribution in [1.29, 1.82) is 0 Å². The fourth-order valence-electron chi connectivity index (χ4n) is 1.35. The SMILES string of the molecule is Nc1cc(=O)[nH]c(Sc2ccc(C(=O)O)c(Cl)c2)n1. The van der Waals surface area contributed by atoms with Crippen molar-refractivity contribution >= 4 is 35.1 Å². The standard InChI is InChI=1S/C11H8ClN3O3S/c12-7-3-5(1-2-6(7)10(17)18)19-11-14-8(13)4-9(16)15-11/h1-4H,(H,17,18)(H3,13,14,15,16). The van der Waals surface area contributed by atoms with Gasteiger partial charge in [-0.1, -0.05) is 23.4 Å². The van der Waals surface area contributed by atoms with Crippen LogP contribution in [-0.4, -0.2) is 21.0 Å². The number of carboxylic acids is 1. The van der Waals surface area contributed by atoms with Crippen molar-refractivity contribution in [2.45, 2.75) is 10.1 Å². The topological polar surface area (TPSA) is 109 Å². The van der Waals surface area contributed by atoms with Crippen LogP contribution in [0.15, 0.2) is 39.1 Å². The molecule has 0 spiro atoms. The monoisotopic (exact) mass is 297 g/mol. The molecule has 2 rings (SSSR count). The highest BCUT2D eigenvalue weighted by Gasteiger charge is 2.10. The second kappa shape index (κ2) is 5.33. The molecule has 0 atom stereocenters. The number of anilines is 1. The van der Waals surface area contributed by atoms with E-state index < -0.39 is 5.97 Å². The molecule has 1 aromatic heterocycles. The number of H-pyrrole nitrogens is 1. The summed E-state index contributed by atoms with van der Waals surface area (Å²) in [7, 11) is 0. The van der Waals surface area contributed by atoms with Crippen LogP contribution in [0.3, 0.4) is 0 Å². The number of halogens is 1. The van der Waals surface area contributed by atoms with Crippen LogP contribution in [0, 0.1) is 0 Å². The van der Waals surface area contributed by atoms with Crippen LogP contribution in [0.4, 0.5) is 5.82 Å². The third-order valence-electron chi connectivity index (χ3n) is 2.13. The van der Waals surface area contributed by atoms with E-state index in [4.69, 9.17) is 22.4 Å². The Labute approximate surface area is 116 Å². The van der Waals surface area contributed by atoms with E-state index in [0.29, 0.717) is 10.1 Å². The molecule has 98 valence electrons. The third-order valence-corrected chi connectivity index (χ3v) is 3.31. The van der Waals surface area contributed by atoms with Crippen LogP contribution >= 0.6 is 23.4 Å². The van der Waals surface area contributed by atoms with Crippen molar-refractivity contribution in [1.82, 2.24) is 9.97 Å². The highest BCUT2D eigenvalue weighted by Crippen LogP contribution is 2.28. The van der Waals surface area contributed by atoms with Crippen LogP contribution in [0.1, 0.15) is 10.4 Å². The van der Waals surface area contributed by atoms with Gasteiger partial charge >= 0.3 is 5.97 Å². The van der Waals surface area contributed by atoms with Crippen molar-refractivity contribution in [3.05, 3.63) is 45.2 Å². The van der Waals surface area contributed by atoms with Crippen LogP contribution in [0.25, 0.3) is 0 Å². The number of hydrogen-bond acceptors (Lipinski definition) is 5. The molecule has 0 amide bonds. The largest absolute Gasteiger partial charge is 0.478 e. The summed E-state index contributed by atoms with van der Waals surface area (Å²) in [6.07, 6.45) is 0. The van der Waals surface area contributed by atoms with Gasteiger partial charge in [-0.05, 0) is 18.2 Å². The van der Waals surface area contributed by atoms with E-state index >= 15 is 0 Å². The van der Waals surface area contributed by atoms with E-state index in [-0.39, 0.29) is 22.0 Å². The Balaban J connectivity index is 2.31. The average molecular weight is 298 g/mol. The highest BCUT2D eigenvalue weighted by molar-refractivity contribution is 7.99. The molecule has 4 N–H and O–H groups in total. The van der Waals surface area contributed by atoms with E-state index in [1.165, 1.54) is 18.2 Å². The summed E-state index contributed by atoms with van der Waals surface area (Å²) in [6.45, 7) is 0. The van der Waals surface area contributed by atoms with Gasteiger partial charge in [0.1, 0.15) is 5.82 Å². The number of aromatic amines is 1. The molecule has 0 aliphatic heterocycles. The van der Waals surface area contributed by atoms with Crippen molar-refractivity contribution < 1.29 is 9.90 Å². The summed E-state index contributed by atoms with van der Waals surface area (Å²) < 4.78 is 0. The molecule has 0 bridgehead atoms. The Morgan fingerprint density at radius 2 is 2.16 bits per heavy atom. The van der Waals surface area contributed by atoms with Crippen LogP contribution in [0.2, 0.25) is 5.02 Å². The molecule has 2 aromatic rings. The molecular weight excluding hydrogens is 290 g/mol. The number of hydrogen-bond donors (Lipinski definition) is 3. The van der Waals surface area contributed by atoms with Gasteiger partial charge in [0.15, 0.2) is 5.16 Å². The summed E-state index contributed by atoms with van der Waals surface area (Å²) in [5, 5.41) is 9.28. The summed E-state index contributed by atoms with van der Waals surface area (Å²) in [4.78, 5) is 29.1. The molecule has 1 aromatic carbocycles. The highest BCUT2D eigenvalue weighted by atomic mass is 35.5. The van der Waals surface area contributed by atoms with Crippen LogP contribution in [-0.2, 0) is 0 Å². The van der Waals surface area contributed by atoms with E-state index in [2.05, 4.69) is 9.97 Å². The second-order valence-corrected chi connectivity index (χ2v) is 4.99. The van der Waals surface area contributed by atoms with Crippen molar-refractivity contribution in [3.63, 3.8) is 0 Å². The Hall–Kier alpha value is -1.99. The smallest absolute Gasteiger partial charge is 0.337 e. The number of nitrogens with zero attached hydrogens (tertiary/aromatic N) is 1. The van der Waals surface area contributed by atoms with Gasteiger partial charge in [-0.3, -0.25) is 4.79 Å². The van der Waals surface area contributed by atoms with Gasteiger partial charge in [0, 0.05) is 11.0 Å². The number of carboxylic acid groups (broad SMARTS) is 1. The first kappa shape index (κ1) is 13.4. The number of carbonyl (C=O) groups is 1. The predicted molar refractivity (Wildman–Crippen MR) is 71.8 cm³/mol. The first-order valence-corrected chi connectivity index (χ1v) is 6.22. The van der Waals surface area contributed by atoms with Gasteiger partial charge in [0.2, 0.25) is 0 Å². The van der Waals surface area contributed by atoms with E-state index in [9.17, 15) is 9.59 Å². The number of rotatable bonds is 3. The number of nitrogens with one attached hydrogen (secondary N) is 1. The molecule has 6 nitrogen and oxygen atoms in total. The van der Waals surface area contributed by atoms with E-state index in [0.717, 1.165) is 11.8 Å². The lowest BCUT2D eigenvalue weighted by molar-refractivity contribution is 0.0697. The first-order chi connectivity index (χ1) is 8.95. The second-order valence-electron chi connectivity index (χ2n) is 3.52. The molecule has 0 unspecified atom stereocenters. The molecule has 1 heterocycles. The van der Waals surface area contributed by atoms with Crippen molar-refractivity contribution in [2.24, 2.45) is 0 Å². The maximum absolute atomic E-state index is 11.2. The maximum Gasteiger partial charge on any atom is 0.337 e. The average Bonchev–Trinajstić information content (AvgIpc) is 2.26. The third kappa shape index (κ3) is 3.27.